The first-order chi connectivity index (χ1) is 9.31. The summed E-state index contributed by atoms with van der Waals surface area (Å²) in [6.45, 7) is 10.6. The molecule has 0 radical (unpaired) electrons. The van der Waals surface area contributed by atoms with E-state index in [4.69, 9.17) is 0 Å². The lowest BCUT2D eigenvalue weighted by Crippen LogP contribution is -2.36. The molecule has 0 saturated carbocycles. The molecule has 1 saturated heterocycles. The predicted molar refractivity (Wildman–Crippen MR) is 84.9 cm³/mol. The zero-order valence-electron chi connectivity index (χ0n) is 12.5. The smallest absolute Gasteiger partial charge is 0.0328 e. The summed E-state index contributed by atoms with van der Waals surface area (Å²) >= 11 is 1.99. The fourth-order valence-corrected chi connectivity index (χ4v) is 3.75. The fourth-order valence-electron chi connectivity index (χ4n) is 2.75. The minimum atomic E-state index is 0.900. The van der Waals surface area contributed by atoms with Crippen LogP contribution in [-0.2, 0) is 13.0 Å². The van der Waals surface area contributed by atoms with Crippen LogP contribution in [0, 0.1) is 5.92 Å². The Kier molecular flexibility index (Phi) is 6.35. The Morgan fingerprint density at radius 2 is 1.95 bits per heavy atom. The normalized spacial score (nSPS) is 18.0. The molecule has 0 spiro atoms. The van der Waals surface area contributed by atoms with Gasteiger partial charge in [-0.05, 0) is 69.9 Å². The van der Waals surface area contributed by atoms with Crippen molar-refractivity contribution in [2.24, 2.45) is 5.92 Å². The molecule has 19 heavy (non-hydrogen) atoms. The molecule has 0 unspecified atom stereocenters. The summed E-state index contributed by atoms with van der Waals surface area (Å²) in [7, 11) is 0. The summed E-state index contributed by atoms with van der Waals surface area (Å²) in [4.78, 5) is 5.69. The molecule has 1 aliphatic rings. The van der Waals surface area contributed by atoms with E-state index in [0.717, 1.165) is 5.92 Å². The summed E-state index contributed by atoms with van der Waals surface area (Å²) in [5, 5.41) is 3.56. The van der Waals surface area contributed by atoms with Crippen molar-refractivity contribution >= 4 is 11.3 Å². The summed E-state index contributed by atoms with van der Waals surface area (Å²) in [5.41, 5.74) is 0. The number of hydrogen-bond donors (Lipinski definition) is 1. The van der Waals surface area contributed by atoms with Gasteiger partial charge in [-0.25, -0.2) is 0 Å². The number of hydrogen-bond acceptors (Lipinski definition) is 3. The van der Waals surface area contributed by atoms with Crippen LogP contribution < -0.4 is 5.32 Å². The lowest BCUT2D eigenvalue weighted by Gasteiger charge is -2.31. The van der Waals surface area contributed by atoms with Crippen molar-refractivity contribution in [2.45, 2.75) is 46.1 Å². The quantitative estimate of drug-likeness (QED) is 0.769. The van der Waals surface area contributed by atoms with E-state index in [1.54, 1.807) is 4.88 Å². The number of aryl methyl sites for hydroxylation is 1. The predicted octanol–water partition coefficient (Wildman–Crippen LogP) is 3.52. The molecule has 3 heteroatoms. The van der Waals surface area contributed by atoms with Crippen molar-refractivity contribution in [1.82, 2.24) is 10.2 Å². The average molecular weight is 280 g/mol. The monoisotopic (exact) mass is 280 g/mol. The zero-order chi connectivity index (χ0) is 13.5. The third-order valence-electron chi connectivity index (χ3n) is 4.01. The molecular weight excluding hydrogens is 252 g/mol. The van der Waals surface area contributed by atoms with Gasteiger partial charge in [0.1, 0.15) is 0 Å². The van der Waals surface area contributed by atoms with Gasteiger partial charge in [0.05, 0.1) is 0 Å². The van der Waals surface area contributed by atoms with Crippen LogP contribution in [0.2, 0.25) is 0 Å². The first-order valence-corrected chi connectivity index (χ1v) is 8.64. The van der Waals surface area contributed by atoms with Crippen LogP contribution in [0.5, 0.6) is 0 Å². The molecule has 0 aromatic carbocycles. The molecule has 1 aromatic rings. The van der Waals surface area contributed by atoms with Crippen molar-refractivity contribution in [3.05, 3.63) is 21.9 Å². The molecule has 0 aliphatic carbocycles. The van der Waals surface area contributed by atoms with Crippen LogP contribution in [0.4, 0.5) is 0 Å². The van der Waals surface area contributed by atoms with E-state index in [-0.39, 0.29) is 0 Å². The van der Waals surface area contributed by atoms with Gasteiger partial charge in [0.25, 0.3) is 0 Å². The Balaban J connectivity index is 1.68. The fraction of sp³-hybridized carbons (Fsp3) is 0.750. The summed E-state index contributed by atoms with van der Waals surface area (Å²) in [6, 6.07) is 4.61. The van der Waals surface area contributed by atoms with E-state index < -0.39 is 0 Å². The highest BCUT2D eigenvalue weighted by molar-refractivity contribution is 7.11. The molecule has 2 rings (SSSR count). The van der Waals surface area contributed by atoms with E-state index in [0.29, 0.717) is 0 Å². The second-order valence-electron chi connectivity index (χ2n) is 5.65. The van der Waals surface area contributed by atoms with Crippen LogP contribution in [0.1, 0.15) is 42.9 Å². The van der Waals surface area contributed by atoms with Gasteiger partial charge in [-0.1, -0.05) is 13.8 Å². The van der Waals surface area contributed by atoms with Gasteiger partial charge < -0.3 is 5.32 Å². The minimum Gasteiger partial charge on any atom is -0.316 e. The number of thiophene rings is 1. The molecule has 0 amide bonds. The molecule has 1 fully saturated rings. The highest BCUT2D eigenvalue weighted by atomic mass is 32.1. The maximum absolute atomic E-state index is 3.56. The standard InChI is InChI=1S/C16H28N2S/c1-3-9-17-12-14-7-10-18(11-8-14)13-16-6-5-15(4-2)19-16/h5-6,14,17H,3-4,7-13H2,1-2H3. The molecule has 1 N–H and O–H groups in total. The number of likely N-dealkylation sites (tertiary alicyclic amines) is 1. The Hall–Kier alpha value is -0.380. The van der Waals surface area contributed by atoms with E-state index in [1.165, 1.54) is 63.3 Å². The zero-order valence-corrected chi connectivity index (χ0v) is 13.3. The Morgan fingerprint density at radius 3 is 2.58 bits per heavy atom. The Morgan fingerprint density at radius 1 is 1.21 bits per heavy atom. The average Bonchev–Trinajstić information content (AvgIpc) is 2.89. The second-order valence-corrected chi connectivity index (χ2v) is 6.90. The number of nitrogens with one attached hydrogen (secondary N) is 1. The lowest BCUT2D eigenvalue weighted by molar-refractivity contribution is 0.177. The minimum absolute atomic E-state index is 0.900. The molecule has 2 nitrogen and oxygen atoms in total. The summed E-state index contributed by atoms with van der Waals surface area (Å²) in [5.74, 6) is 0.900. The molecular formula is C16H28N2S. The van der Waals surface area contributed by atoms with Crippen LogP contribution in [0.25, 0.3) is 0 Å². The van der Waals surface area contributed by atoms with Gasteiger partial charge >= 0.3 is 0 Å². The van der Waals surface area contributed by atoms with Gasteiger partial charge in [-0.2, -0.15) is 0 Å². The van der Waals surface area contributed by atoms with Crippen LogP contribution in [-0.4, -0.2) is 31.1 Å². The maximum atomic E-state index is 3.56. The Labute approximate surface area is 122 Å². The van der Waals surface area contributed by atoms with Crippen molar-refractivity contribution in [1.29, 1.82) is 0 Å². The number of piperidine rings is 1. The third kappa shape index (κ3) is 4.90. The first kappa shape index (κ1) is 15.0. The van der Waals surface area contributed by atoms with Crippen LogP contribution in [0.3, 0.4) is 0 Å². The van der Waals surface area contributed by atoms with E-state index in [9.17, 15) is 0 Å². The molecule has 108 valence electrons. The number of rotatable bonds is 7. The van der Waals surface area contributed by atoms with Crippen molar-refractivity contribution in [3.63, 3.8) is 0 Å². The molecule has 2 heterocycles. The van der Waals surface area contributed by atoms with Crippen LogP contribution >= 0.6 is 11.3 Å². The Bertz CT molecular complexity index is 353. The van der Waals surface area contributed by atoms with Gasteiger partial charge in [-0.3, -0.25) is 4.90 Å². The van der Waals surface area contributed by atoms with Gasteiger partial charge in [0.2, 0.25) is 0 Å². The van der Waals surface area contributed by atoms with E-state index >= 15 is 0 Å². The maximum Gasteiger partial charge on any atom is 0.0328 e. The highest BCUT2D eigenvalue weighted by Gasteiger charge is 2.19. The summed E-state index contributed by atoms with van der Waals surface area (Å²) < 4.78 is 0. The number of nitrogens with zero attached hydrogens (tertiary/aromatic N) is 1. The van der Waals surface area contributed by atoms with Crippen molar-refractivity contribution in [2.75, 3.05) is 26.2 Å². The molecule has 1 aromatic heterocycles. The molecule has 0 bridgehead atoms. The van der Waals surface area contributed by atoms with Gasteiger partial charge in [0, 0.05) is 16.3 Å². The molecule has 1 aliphatic heterocycles. The largest absolute Gasteiger partial charge is 0.316 e. The van der Waals surface area contributed by atoms with Crippen LogP contribution in [0.15, 0.2) is 12.1 Å². The first-order valence-electron chi connectivity index (χ1n) is 7.82. The summed E-state index contributed by atoms with van der Waals surface area (Å²) in [6.07, 6.45) is 5.15. The SMILES string of the molecule is CCCNCC1CCN(Cc2ccc(CC)s2)CC1. The second kappa shape index (κ2) is 8.03. The van der Waals surface area contributed by atoms with E-state index in [1.807, 2.05) is 11.3 Å². The highest BCUT2D eigenvalue weighted by Crippen LogP contribution is 2.22. The van der Waals surface area contributed by atoms with E-state index in [2.05, 4.69) is 36.2 Å². The lowest BCUT2D eigenvalue weighted by atomic mass is 9.97. The molecule has 0 atom stereocenters. The van der Waals surface area contributed by atoms with Crippen molar-refractivity contribution in [3.8, 4) is 0 Å². The third-order valence-corrected chi connectivity index (χ3v) is 5.23. The van der Waals surface area contributed by atoms with Crippen molar-refractivity contribution < 1.29 is 0 Å². The van der Waals surface area contributed by atoms with Gasteiger partial charge in [-0.15, -0.1) is 11.3 Å². The van der Waals surface area contributed by atoms with Gasteiger partial charge in [0.15, 0.2) is 0 Å². The topological polar surface area (TPSA) is 15.3 Å².